The van der Waals surface area contributed by atoms with Crippen LogP contribution in [0.2, 0.25) is 0 Å². The Morgan fingerprint density at radius 2 is 2.19 bits per heavy atom. The molecule has 0 saturated carbocycles. The van der Waals surface area contributed by atoms with Gasteiger partial charge < -0.3 is 28.1 Å². The molecule has 0 atom stereocenters. The summed E-state index contributed by atoms with van der Waals surface area (Å²) in [6.45, 7) is -0.101. The van der Waals surface area contributed by atoms with E-state index >= 15 is 0 Å². The second kappa shape index (κ2) is 8.29. The van der Waals surface area contributed by atoms with Crippen LogP contribution in [0.15, 0.2) is 49.3 Å². The van der Waals surface area contributed by atoms with Crippen LogP contribution in [-0.2, 0) is 21.5 Å². The van der Waals surface area contributed by atoms with E-state index in [9.17, 15) is 22.9 Å². The molecule has 0 radical (unpaired) electrons. The number of aromatic nitrogens is 1. The number of benzene rings is 1. The predicted octanol–water partition coefficient (Wildman–Crippen LogP) is 2.25. The number of oxazole rings is 1. The summed E-state index contributed by atoms with van der Waals surface area (Å²) >= 11 is 1.37. The molecule has 31 heavy (non-hydrogen) atoms. The Balaban J connectivity index is 1.72. The van der Waals surface area contributed by atoms with E-state index in [0.29, 0.717) is 33.7 Å². The van der Waals surface area contributed by atoms with Gasteiger partial charge in [-0.05, 0) is 12.1 Å². The van der Waals surface area contributed by atoms with Crippen molar-refractivity contribution in [3.05, 3.63) is 41.4 Å². The number of aliphatic carboxylic acids is 1. The molecule has 0 bridgehead atoms. The average molecular weight is 466 g/mol. The third kappa shape index (κ3) is 4.55. The van der Waals surface area contributed by atoms with Gasteiger partial charge in [0, 0.05) is 29.2 Å². The van der Waals surface area contributed by atoms with Crippen LogP contribution >= 0.6 is 11.8 Å². The number of furan rings is 1. The van der Waals surface area contributed by atoms with E-state index in [0.717, 1.165) is 4.90 Å². The second-order valence-corrected chi connectivity index (χ2v) is 9.28. The molecular formula is C19H18N2O8S2. The van der Waals surface area contributed by atoms with Gasteiger partial charge in [0.15, 0.2) is 6.54 Å². The van der Waals surface area contributed by atoms with Crippen LogP contribution in [0.25, 0.3) is 17.4 Å². The maximum absolute atomic E-state index is 11.5. The molecule has 1 N–H and O–H groups in total. The summed E-state index contributed by atoms with van der Waals surface area (Å²) in [5.41, 5.74) is 1.53. The lowest BCUT2D eigenvalue weighted by Gasteiger charge is -2.17. The van der Waals surface area contributed by atoms with Crippen LogP contribution in [0.4, 0.5) is 5.69 Å². The zero-order chi connectivity index (χ0) is 22.2. The minimum Gasteiger partial charge on any atom is -0.748 e. The predicted molar refractivity (Wildman–Crippen MR) is 110 cm³/mol. The van der Waals surface area contributed by atoms with Gasteiger partial charge in [0.2, 0.25) is 5.58 Å². The second-order valence-electron chi connectivity index (χ2n) is 6.70. The van der Waals surface area contributed by atoms with E-state index in [-0.39, 0.29) is 19.5 Å². The molecule has 4 rings (SSSR count). The molecule has 1 aromatic carbocycles. The number of carbonyl (C=O) groups is 1. The number of carboxylic acids is 1. The number of hydrogen-bond donors (Lipinski definition) is 1. The molecule has 0 amide bonds. The quantitative estimate of drug-likeness (QED) is 0.389. The number of rotatable bonds is 8. The number of fused-ring (bicyclic) bond motifs is 2. The SMILES string of the molecule is COc1ccc2c(c1)N(CC(=O)O)C(=Cc1oc3ccoc3[n+]1CCCS(=O)(=O)[O-])S2. The van der Waals surface area contributed by atoms with Crippen LogP contribution < -0.4 is 14.2 Å². The van der Waals surface area contributed by atoms with Crippen LogP contribution in [0.5, 0.6) is 5.75 Å². The molecular weight excluding hydrogens is 448 g/mol. The smallest absolute Gasteiger partial charge is 0.420 e. The van der Waals surface area contributed by atoms with Crippen LogP contribution in [0, 0.1) is 0 Å². The van der Waals surface area contributed by atoms with Crippen molar-refractivity contribution in [2.75, 3.05) is 24.3 Å². The Bertz CT molecular complexity index is 1280. The Morgan fingerprint density at radius 3 is 2.90 bits per heavy atom. The topological polar surface area (TPSA) is 137 Å². The van der Waals surface area contributed by atoms with Crippen molar-refractivity contribution in [3.63, 3.8) is 0 Å². The third-order valence-electron chi connectivity index (χ3n) is 4.59. The highest BCUT2D eigenvalue weighted by Crippen LogP contribution is 2.47. The molecule has 0 aliphatic carbocycles. The van der Waals surface area contributed by atoms with Gasteiger partial charge in [-0.15, -0.1) is 4.57 Å². The first kappa shape index (κ1) is 21.3. The van der Waals surface area contributed by atoms with E-state index < -0.39 is 21.8 Å². The lowest BCUT2D eigenvalue weighted by atomic mass is 10.2. The fourth-order valence-electron chi connectivity index (χ4n) is 3.27. The number of anilines is 1. The molecule has 0 fully saturated rings. The Hall–Kier alpha value is -2.96. The Kier molecular flexibility index (Phi) is 5.69. The summed E-state index contributed by atoms with van der Waals surface area (Å²) in [6.07, 6.45) is 3.18. The number of aryl methyl sites for hydroxylation is 1. The van der Waals surface area contributed by atoms with Crippen molar-refractivity contribution < 1.29 is 41.0 Å². The van der Waals surface area contributed by atoms with Crippen molar-refractivity contribution in [1.82, 2.24) is 0 Å². The number of thioether (sulfide) groups is 1. The Morgan fingerprint density at radius 1 is 1.39 bits per heavy atom. The van der Waals surface area contributed by atoms with E-state index in [1.807, 2.05) is 6.07 Å². The molecule has 0 spiro atoms. The highest BCUT2D eigenvalue weighted by atomic mass is 32.2. The summed E-state index contributed by atoms with van der Waals surface area (Å²) in [6, 6.07) is 7.01. The van der Waals surface area contributed by atoms with Gasteiger partial charge in [-0.25, -0.2) is 8.42 Å². The maximum atomic E-state index is 11.5. The van der Waals surface area contributed by atoms with Gasteiger partial charge in [-0.2, -0.15) is 0 Å². The van der Waals surface area contributed by atoms with Gasteiger partial charge in [0.05, 0.1) is 34.0 Å². The fourth-order valence-corrected chi connectivity index (χ4v) is 4.82. The van der Waals surface area contributed by atoms with Crippen LogP contribution in [0.3, 0.4) is 0 Å². The van der Waals surface area contributed by atoms with E-state index in [1.54, 1.807) is 33.7 Å². The van der Waals surface area contributed by atoms with Gasteiger partial charge in [0.25, 0.3) is 0 Å². The summed E-state index contributed by atoms with van der Waals surface area (Å²) < 4.78 is 51.0. The monoisotopic (exact) mass is 466 g/mol. The highest BCUT2D eigenvalue weighted by molar-refractivity contribution is 8.03. The summed E-state index contributed by atoms with van der Waals surface area (Å²) in [7, 11) is -2.81. The third-order valence-corrected chi connectivity index (χ3v) is 6.49. The molecule has 2 aromatic heterocycles. The van der Waals surface area contributed by atoms with Gasteiger partial charge in [-0.3, -0.25) is 4.79 Å². The van der Waals surface area contributed by atoms with Gasteiger partial charge in [-0.1, -0.05) is 11.8 Å². The lowest BCUT2D eigenvalue weighted by Crippen LogP contribution is -2.36. The van der Waals surface area contributed by atoms with Crippen molar-refractivity contribution in [2.24, 2.45) is 0 Å². The number of carboxylic acid groups (broad SMARTS) is 1. The maximum Gasteiger partial charge on any atom is 0.420 e. The zero-order valence-electron chi connectivity index (χ0n) is 16.3. The molecule has 1 aliphatic rings. The normalized spacial score (nSPS) is 15.0. The largest absolute Gasteiger partial charge is 0.748 e. The first-order valence-corrected chi connectivity index (χ1v) is 11.5. The zero-order valence-corrected chi connectivity index (χ0v) is 17.9. The van der Waals surface area contributed by atoms with Gasteiger partial charge in [0.1, 0.15) is 18.6 Å². The molecule has 1 aliphatic heterocycles. The van der Waals surface area contributed by atoms with Crippen LogP contribution in [-0.4, -0.2) is 43.5 Å². The van der Waals surface area contributed by atoms with Crippen molar-refractivity contribution in [2.45, 2.75) is 17.9 Å². The summed E-state index contributed by atoms with van der Waals surface area (Å²) in [5.74, 6) is -0.589. The molecule has 0 unspecified atom stereocenters. The molecule has 10 nitrogen and oxygen atoms in total. The van der Waals surface area contributed by atoms with Crippen molar-refractivity contribution in [3.8, 4) is 5.75 Å². The van der Waals surface area contributed by atoms with E-state index in [1.165, 1.54) is 25.1 Å². The number of hydrogen-bond acceptors (Lipinski definition) is 9. The molecule has 3 heterocycles. The van der Waals surface area contributed by atoms with Crippen molar-refractivity contribution in [1.29, 1.82) is 0 Å². The molecule has 12 heteroatoms. The number of methoxy groups -OCH3 is 1. The lowest BCUT2D eigenvalue weighted by molar-refractivity contribution is -0.683. The first-order chi connectivity index (χ1) is 14.7. The van der Waals surface area contributed by atoms with Crippen LogP contribution in [0.1, 0.15) is 12.3 Å². The van der Waals surface area contributed by atoms with E-state index in [4.69, 9.17) is 13.6 Å². The minimum absolute atomic E-state index is 0.0748. The molecule has 0 saturated heterocycles. The van der Waals surface area contributed by atoms with Crippen molar-refractivity contribution >= 4 is 50.9 Å². The summed E-state index contributed by atoms with van der Waals surface area (Å²) in [4.78, 5) is 14.0. The Labute approximate surface area is 181 Å². The summed E-state index contributed by atoms with van der Waals surface area (Å²) in [5, 5.41) is 10.0. The average Bonchev–Trinajstić information content (AvgIpc) is 3.36. The fraction of sp³-hybridized carbons (Fsp3) is 0.263. The number of nitrogens with zero attached hydrogens (tertiary/aromatic N) is 2. The highest BCUT2D eigenvalue weighted by Gasteiger charge is 2.31. The first-order valence-electron chi connectivity index (χ1n) is 9.15. The molecule has 3 aromatic rings. The standard InChI is InChI=1S/C19H18N2O8S2/c1-27-12-3-4-15-13(9-12)21(11-18(22)23)17(30-15)10-16-20(6-2-8-31(24,25)26)19-14(29-16)5-7-28-19/h3-5,7,9-10H,2,6,8,11H2,1H3,(H-,22,23,24,25,26). The molecule has 164 valence electrons. The minimum atomic E-state index is -4.35. The van der Waals surface area contributed by atoms with E-state index in [2.05, 4.69) is 0 Å². The van der Waals surface area contributed by atoms with Gasteiger partial charge >= 0.3 is 17.6 Å². The number of ether oxygens (including phenoxy) is 1.